The molecule has 0 N–H and O–H groups in total. The van der Waals surface area contributed by atoms with E-state index in [1.54, 1.807) is 6.92 Å². The molecule has 6 heteroatoms. The fourth-order valence-corrected chi connectivity index (χ4v) is 4.77. The largest absolute Gasteiger partial charge is 0.337 e. The first-order valence-corrected chi connectivity index (χ1v) is 11.3. The second-order valence-electron chi connectivity index (χ2n) is 8.55. The first kappa shape index (κ1) is 20.8. The molecule has 4 rings (SSSR count). The minimum Gasteiger partial charge on any atom is -0.337 e. The lowest BCUT2D eigenvalue weighted by molar-refractivity contribution is -0.132. The van der Waals surface area contributed by atoms with Crippen LogP contribution < -0.4 is 0 Å². The van der Waals surface area contributed by atoms with Gasteiger partial charge in [0.05, 0.1) is 5.52 Å². The lowest BCUT2D eigenvalue weighted by Gasteiger charge is -2.40. The van der Waals surface area contributed by atoms with Crippen molar-refractivity contribution in [2.24, 2.45) is 0 Å². The summed E-state index contributed by atoms with van der Waals surface area (Å²) in [6, 6.07) is 11.7. The van der Waals surface area contributed by atoms with Crippen LogP contribution in [-0.4, -0.2) is 76.8 Å². The first-order valence-electron chi connectivity index (χ1n) is 11.3. The molecule has 1 atom stereocenters. The fraction of sp³-hybridized carbons (Fsp3) is 0.542. The molecule has 2 aliphatic heterocycles. The van der Waals surface area contributed by atoms with Crippen LogP contribution in [0.1, 0.15) is 49.5 Å². The second-order valence-corrected chi connectivity index (χ2v) is 8.55. The zero-order valence-electron chi connectivity index (χ0n) is 17.9. The number of rotatable bonds is 5. The number of fused-ring (bicyclic) bond motifs is 1. The van der Waals surface area contributed by atoms with E-state index < -0.39 is 0 Å². The van der Waals surface area contributed by atoms with Crippen molar-refractivity contribution in [1.82, 2.24) is 19.7 Å². The Balaban J connectivity index is 1.42. The number of aromatic nitrogens is 1. The first-order chi connectivity index (χ1) is 14.6. The maximum atomic E-state index is 13.1. The third-order valence-corrected chi connectivity index (χ3v) is 6.45. The molecule has 2 saturated heterocycles. The molecule has 0 bridgehead atoms. The molecule has 1 unspecified atom stereocenters. The van der Waals surface area contributed by atoms with Crippen molar-refractivity contribution in [3.05, 3.63) is 42.1 Å². The summed E-state index contributed by atoms with van der Waals surface area (Å²) in [5, 5.41) is 1.03. The summed E-state index contributed by atoms with van der Waals surface area (Å²) in [4.78, 5) is 36.4. The zero-order valence-corrected chi connectivity index (χ0v) is 17.9. The van der Waals surface area contributed by atoms with Crippen molar-refractivity contribution in [1.29, 1.82) is 0 Å². The Labute approximate surface area is 178 Å². The van der Waals surface area contributed by atoms with E-state index in [9.17, 15) is 9.59 Å². The maximum absolute atomic E-state index is 13.1. The molecule has 0 spiro atoms. The lowest BCUT2D eigenvalue weighted by atomic mass is 10.0. The quantitative estimate of drug-likeness (QED) is 0.763. The number of para-hydroxylation sites is 1. The number of carbonyl (C=O) groups is 2. The number of benzene rings is 1. The zero-order chi connectivity index (χ0) is 20.9. The third kappa shape index (κ3) is 4.81. The van der Waals surface area contributed by atoms with Crippen molar-refractivity contribution in [2.75, 3.05) is 39.3 Å². The SMILES string of the molecule is CC(=O)N(CCN1CCCCC1)C1CCCN(C(=O)c2ccc3ccccc3n2)C1. The van der Waals surface area contributed by atoms with Crippen LogP contribution in [-0.2, 0) is 4.79 Å². The number of amides is 2. The number of pyridine rings is 1. The molecule has 3 heterocycles. The van der Waals surface area contributed by atoms with Crippen LogP contribution in [0.2, 0.25) is 0 Å². The van der Waals surface area contributed by atoms with Crippen LogP contribution in [0, 0.1) is 0 Å². The van der Waals surface area contributed by atoms with E-state index in [1.807, 2.05) is 46.2 Å². The monoisotopic (exact) mass is 408 g/mol. The molecule has 0 aliphatic carbocycles. The predicted octanol–water partition coefficient (Wildman–Crippen LogP) is 3.17. The third-order valence-electron chi connectivity index (χ3n) is 6.45. The summed E-state index contributed by atoms with van der Waals surface area (Å²) < 4.78 is 0. The van der Waals surface area contributed by atoms with Gasteiger partial charge in [-0.15, -0.1) is 0 Å². The van der Waals surface area contributed by atoms with Gasteiger partial charge in [-0.2, -0.15) is 0 Å². The molecular formula is C24H32N4O2. The average Bonchev–Trinajstić information content (AvgIpc) is 2.79. The van der Waals surface area contributed by atoms with E-state index >= 15 is 0 Å². The number of hydrogen-bond donors (Lipinski definition) is 0. The minimum absolute atomic E-state index is 0.0371. The smallest absolute Gasteiger partial charge is 0.272 e. The van der Waals surface area contributed by atoms with E-state index in [-0.39, 0.29) is 17.9 Å². The Morgan fingerprint density at radius 1 is 1.03 bits per heavy atom. The van der Waals surface area contributed by atoms with Crippen LogP contribution in [0.25, 0.3) is 10.9 Å². The van der Waals surface area contributed by atoms with Crippen LogP contribution in [0.3, 0.4) is 0 Å². The molecule has 2 aromatic rings. The Morgan fingerprint density at radius 2 is 1.83 bits per heavy atom. The fourth-order valence-electron chi connectivity index (χ4n) is 4.77. The standard InChI is InChI=1S/C24H32N4O2/c1-19(29)28(17-16-26-13-5-2-6-14-26)21-9-7-15-27(18-21)24(30)23-12-11-20-8-3-4-10-22(20)25-23/h3-4,8,10-12,21H,2,5-7,9,13-18H2,1H3. The van der Waals surface area contributed by atoms with Crippen LogP contribution in [0.15, 0.2) is 36.4 Å². The van der Waals surface area contributed by atoms with E-state index in [2.05, 4.69) is 9.88 Å². The summed E-state index contributed by atoms with van der Waals surface area (Å²) in [7, 11) is 0. The highest BCUT2D eigenvalue weighted by molar-refractivity contribution is 5.95. The highest BCUT2D eigenvalue weighted by Crippen LogP contribution is 2.20. The van der Waals surface area contributed by atoms with Gasteiger partial charge < -0.3 is 14.7 Å². The van der Waals surface area contributed by atoms with Gasteiger partial charge >= 0.3 is 0 Å². The van der Waals surface area contributed by atoms with Crippen molar-refractivity contribution >= 4 is 22.7 Å². The summed E-state index contributed by atoms with van der Waals surface area (Å²) in [6.07, 6.45) is 5.69. The molecule has 6 nitrogen and oxygen atoms in total. The Morgan fingerprint density at radius 3 is 2.63 bits per heavy atom. The van der Waals surface area contributed by atoms with Gasteiger partial charge in [0.1, 0.15) is 5.69 Å². The van der Waals surface area contributed by atoms with Crippen molar-refractivity contribution in [3.8, 4) is 0 Å². The van der Waals surface area contributed by atoms with E-state index in [0.29, 0.717) is 12.2 Å². The molecule has 160 valence electrons. The molecule has 2 fully saturated rings. The van der Waals surface area contributed by atoms with E-state index in [4.69, 9.17) is 0 Å². The highest BCUT2D eigenvalue weighted by atomic mass is 16.2. The summed E-state index contributed by atoms with van der Waals surface area (Å²) in [6.45, 7) is 6.91. The molecule has 1 aromatic heterocycles. The van der Waals surface area contributed by atoms with Crippen molar-refractivity contribution in [2.45, 2.75) is 45.1 Å². The predicted molar refractivity (Wildman–Crippen MR) is 118 cm³/mol. The van der Waals surface area contributed by atoms with Gasteiger partial charge in [-0.05, 0) is 50.9 Å². The highest BCUT2D eigenvalue weighted by Gasteiger charge is 2.30. The van der Waals surface area contributed by atoms with Gasteiger partial charge in [0.15, 0.2) is 0 Å². The molecule has 1 aromatic carbocycles. The number of likely N-dealkylation sites (tertiary alicyclic amines) is 2. The van der Waals surface area contributed by atoms with Gasteiger partial charge in [0.2, 0.25) is 5.91 Å². The van der Waals surface area contributed by atoms with Crippen molar-refractivity contribution < 1.29 is 9.59 Å². The number of hydrogen-bond acceptors (Lipinski definition) is 4. The van der Waals surface area contributed by atoms with Crippen molar-refractivity contribution in [3.63, 3.8) is 0 Å². The van der Waals surface area contributed by atoms with Gasteiger partial charge in [-0.3, -0.25) is 9.59 Å². The summed E-state index contributed by atoms with van der Waals surface area (Å²) >= 11 is 0. The van der Waals surface area contributed by atoms with Crippen LogP contribution >= 0.6 is 0 Å². The van der Waals surface area contributed by atoms with E-state index in [1.165, 1.54) is 19.3 Å². The average molecular weight is 409 g/mol. The summed E-state index contributed by atoms with van der Waals surface area (Å²) in [5.74, 6) is 0.0696. The topological polar surface area (TPSA) is 56.8 Å². The van der Waals surface area contributed by atoms with Gasteiger partial charge in [-0.1, -0.05) is 30.7 Å². The van der Waals surface area contributed by atoms with Gasteiger partial charge in [0, 0.05) is 44.5 Å². The molecule has 0 saturated carbocycles. The lowest BCUT2D eigenvalue weighted by Crippen LogP contribution is -2.53. The number of carbonyl (C=O) groups excluding carboxylic acids is 2. The van der Waals surface area contributed by atoms with E-state index in [0.717, 1.165) is 56.5 Å². The molecular weight excluding hydrogens is 376 g/mol. The van der Waals surface area contributed by atoms with Gasteiger partial charge in [-0.25, -0.2) is 4.98 Å². The normalized spacial score (nSPS) is 20.3. The maximum Gasteiger partial charge on any atom is 0.272 e. The summed E-state index contributed by atoms with van der Waals surface area (Å²) in [5.41, 5.74) is 1.32. The Bertz CT molecular complexity index is 894. The number of piperidine rings is 2. The van der Waals surface area contributed by atoms with Crippen LogP contribution in [0.5, 0.6) is 0 Å². The Hall–Kier alpha value is -2.47. The number of nitrogens with zero attached hydrogens (tertiary/aromatic N) is 4. The Kier molecular flexibility index (Phi) is 6.62. The molecule has 2 amide bonds. The minimum atomic E-state index is -0.0371. The molecule has 0 radical (unpaired) electrons. The van der Waals surface area contributed by atoms with Gasteiger partial charge in [0.25, 0.3) is 5.91 Å². The molecule has 2 aliphatic rings. The van der Waals surface area contributed by atoms with Crippen LogP contribution in [0.4, 0.5) is 0 Å². The molecule has 30 heavy (non-hydrogen) atoms. The second kappa shape index (κ2) is 9.56.